The predicted octanol–water partition coefficient (Wildman–Crippen LogP) is 5.23. The molecule has 33 heavy (non-hydrogen) atoms. The van der Waals surface area contributed by atoms with Crippen LogP contribution < -0.4 is 10.1 Å². The number of aromatic nitrogens is 1. The van der Waals surface area contributed by atoms with Crippen molar-refractivity contribution in [2.45, 2.75) is 43.7 Å². The van der Waals surface area contributed by atoms with Gasteiger partial charge >= 0.3 is 0 Å². The summed E-state index contributed by atoms with van der Waals surface area (Å²) in [6.07, 6.45) is 6.13. The fraction of sp³-hybridized carbons (Fsp3) is 0.333. The first kappa shape index (κ1) is 22.9. The van der Waals surface area contributed by atoms with Crippen LogP contribution in [0.5, 0.6) is 11.6 Å². The number of ether oxygens (including phenoxy) is 1. The van der Waals surface area contributed by atoms with Crippen LogP contribution in [0, 0.1) is 5.82 Å². The first-order chi connectivity index (χ1) is 15.9. The number of benzene rings is 2. The Bertz CT molecular complexity index is 1060. The SMILES string of the molecule is CN(C)C1(Cc2ccc(F)cc2)CCC(NC(=O)c2cccnc2Oc2ccccc2)CC1. The van der Waals surface area contributed by atoms with Crippen LogP contribution in [0.3, 0.4) is 0 Å². The second kappa shape index (κ2) is 10.1. The molecule has 172 valence electrons. The minimum absolute atomic E-state index is 0.00502. The highest BCUT2D eigenvalue weighted by Gasteiger charge is 2.37. The molecular formula is C27H30FN3O2. The van der Waals surface area contributed by atoms with Crippen LogP contribution in [0.4, 0.5) is 4.39 Å². The second-order valence-electron chi connectivity index (χ2n) is 8.94. The average Bonchev–Trinajstić information content (AvgIpc) is 2.83. The highest BCUT2D eigenvalue weighted by atomic mass is 19.1. The van der Waals surface area contributed by atoms with Gasteiger partial charge in [-0.2, -0.15) is 0 Å². The van der Waals surface area contributed by atoms with Crippen molar-refractivity contribution in [2.75, 3.05) is 14.1 Å². The lowest BCUT2D eigenvalue weighted by Crippen LogP contribution is -2.52. The van der Waals surface area contributed by atoms with Crippen LogP contribution in [0.15, 0.2) is 72.9 Å². The highest BCUT2D eigenvalue weighted by Crippen LogP contribution is 2.36. The van der Waals surface area contributed by atoms with E-state index in [-0.39, 0.29) is 23.3 Å². The summed E-state index contributed by atoms with van der Waals surface area (Å²) in [5, 5.41) is 3.18. The van der Waals surface area contributed by atoms with Crippen LogP contribution in [0.25, 0.3) is 0 Å². The largest absolute Gasteiger partial charge is 0.438 e. The number of pyridine rings is 1. The number of carbonyl (C=O) groups is 1. The maximum atomic E-state index is 13.3. The molecule has 1 saturated carbocycles. The van der Waals surface area contributed by atoms with Crippen molar-refractivity contribution in [1.82, 2.24) is 15.2 Å². The molecule has 0 atom stereocenters. The maximum absolute atomic E-state index is 13.3. The van der Waals surface area contributed by atoms with Gasteiger partial charge in [-0.15, -0.1) is 0 Å². The highest BCUT2D eigenvalue weighted by molar-refractivity contribution is 5.96. The van der Waals surface area contributed by atoms with Gasteiger partial charge in [0.1, 0.15) is 17.1 Å². The van der Waals surface area contributed by atoms with Crippen molar-refractivity contribution in [3.63, 3.8) is 0 Å². The van der Waals surface area contributed by atoms with Crippen molar-refractivity contribution < 1.29 is 13.9 Å². The minimum atomic E-state index is -0.213. The molecule has 1 amide bonds. The lowest BCUT2D eigenvalue weighted by atomic mass is 9.74. The molecule has 1 N–H and O–H groups in total. The van der Waals surface area contributed by atoms with E-state index in [1.807, 2.05) is 42.5 Å². The number of hydrogen-bond donors (Lipinski definition) is 1. The molecule has 1 aliphatic carbocycles. The quantitative estimate of drug-likeness (QED) is 0.539. The van der Waals surface area contributed by atoms with Crippen LogP contribution >= 0.6 is 0 Å². The van der Waals surface area contributed by atoms with E-state index in [4.69, 9.17) is 4.74 Å². The molecule has 0 bridgehead atoms. The normalized spacial score (nSPS) is 20.4. The van der Waals surface area contributed by atoms with E-state index in [1.165, 1.54) is 12.1 Å². The molecule has 0 aliphatic heterocycles. The molecule has 0 saturated heterocycles. The van der Waals surface area contributed by atoms with Crippen molar-refractivity contribution in [1.29, 1.82) is 0 Å². The number of hydrogen-bond acceptors (Lipinski definition) is 4. The van der Waals surface area contributed by atoms with Gasteiger partial charge in [0.15, 0.2) is 0 Å². The fourth-order valence-electron chi connectivity index (χ4n) is 4.57. The Morgan fingerprint density at radius 1 is 1.06 bits per heavy atom. The van der Waals surface area contributed by atoms with Crippen LogP contribution in [-0.2, 0) is 6.42 Å². The topological polar surface area (TPSA) is 54.5 Å². The molecule has 0 spiro atoms. The van der Waals surface area contributed by atoms with E-state index < -0.39 is 0 Å². The Kier molecular flexibility index (Phi) is 7.04. The zero-order chi connectivity index (χ0) is 23.3. The molecule has 0 unspecified atom stereocenters. The number of rotatable bonds is 7. The number of likely N-dealkylation sites (N-methyl/N-ethyl adjacent to an activating group) is 1. The van der Waals surface area contributed by atoms with Crippen LogP contribution in [-0.4, -0.2) is 41.5 Å². The summed E-state index contributed by atoms with van der Waals surface area (Å²) in [5.74, 6) is 0.556. The Morgan fingerprint density at radius 3 is 2.42 bits per heavy atom. The van der Waals surface area contributed by atoms with E-state index in [2.05, 4.69) is 29.3 Å². The zero-order valence-electron chi connectivity index (χ0n) is 19.1. The second-order valence-corrected chi connectivity index (χ2v) is 8.94. The van der Waals surface area contributed by atoms with Crippen LogP contribution in [0.2, 0.25) is 0 Å². The van der Waals surface area contributed by atoms with Gasteiger partial charge in [-0.1, -0.05) is 30.3 Å². The molecule has 4 rings (SSSR count). The molecular weight excluding hydrogens is 417 g/mol. The summed E-state index contributed by atoms with van der Waals surface area (Å²) in [7, 11) is 4.20. The van der Waals surface area contributed by atoms with Gasteiger partial charge in [0.05, 0.1) is 0 Å². The van der Waals surface area contributed by atoms with E-state index in [0.29, 0.717) is 17.2 Å². The number of halogens is 1. The first-order valence-electron chi connectivity index (χ1n) is 11.4. The number of nitrogens with one attached hydrogen (secondary N) is 1. The standard InChI is InChI=1S/C27H30FN3O2/c1-31(2)27(19-20-10-12-21(28)13-11-20)16-14-22(15-17-27)30-25(32)24-9-6-18-29-26(24)33-23-7-4-3-5-8-23/h3-13,18,22H,14-17,19H2,1-2H3,(H,30,32). The number of amides is 1. The van der Waals surface area contributed by atoms with Crippen LogP contribution in [0.1, 0.15) is 41.6 Å². The average molecular weight is 448 g/mol. The van der Waals surface area contributed by atoms with Gasteiger partial charge in [-0.3, -0.25) is 4.79 Å². The summed E-state index contributed by atoms with van der Waals surface area (Å²) in [5.41, 5.74) is 1.55. The molecule has 5 nitrogen and oxygen atoms in total. The number of para-hydroxylation sites is 1. The third kappa shape index (κ3) is 5.57. The molecule has 1 aliphatic rings. The van der Waals surface area contributed by atoms with E-state index in [0.717, 1.165) is 37.7 Å². The van der Waals surface area contributed by atoms with Gasteiger partial charge in [-0.05, 0) is 88.2 Å². The molecule has 1 heterocycles. The number of carbonyl (C=O) groups excluding carboxylic acids is 1. The lowest BCUT2D eigenvalue weighted by molar-refractivity contribution is 0.0768. The summed E-state index contributed by atoms with van der Waals surface area (Å²) < 4.78 is 19.2. The summed E-state index contributed by atoms with van der Waals surface area (Å²) >= 11 is 0. The van der Waals surface area contributed by atoms with Crippen molar-refractivity contribution >= 4 is 5.91 Å². The Hall–Kier alpha value is -3.25. The maximum Gasteiger partial charge on any atom is 0.257 e. The molecule has 3 aromatic rings. The van der Waals surface area contributed by atoms with Gasteiger partial charge in [0.25, 0.3) is 5.91 Å². The molecule has 0 radical (unpaired) electrons. The summed E-state index contributed by atoms with van der Waals surface area (Å²) in [4.78, 5) is 19.6. The van der Waals surface area contributed by atoms with E-state index >= 15 is 0 Å². The monoisotopic (exact) mass is 447 g/mol. The van der Waals surface area contributed by atoms with Gasteiger partial charge in [-0.25, -0.2) is 9.37 Å². The van der Waals surface area contributed by atoms with E-state index in [9.17, 15) is 9.18 Å². The van der Waals surface area contributed by atoms with Gasteiger partial charge in [0.2, 0.25) is 5.88 Å². The van der Waals surface area contributed by atoms with Crippen molar-refractivity contribution in [3.05, 3.63) is 89.9 Å². The van der Waals surface area contributed by atoms with E-state index in [1.54, 1.807) is 18.3 Å². The fourth-order valence-corrected chi connectivity index (χ4v) is 4.57. The predicted molar refractivity (Wildman–Crippen MR) is 127 cm³/mol. The summed E-state index contributed by atoms with van der Waals surface area (Å²) in [6, 6.07) is 19.7. The third-order valence-electron chi connectivity index (χ3n) is 6.62. The van der Waals surface area contributed by atoms with Crippen molar-refractivity contribution in [3.8, 4) is 11.6 Å². The summed E-state index contributed by atoms with van der Waals surface area (Å²) in [6.45, 7) is 0. The first-order valence-corrected chi connectivity index (χ1v) is 11.4. The molecule has 6 heteroatoms. The van der Waals surface area contributed by atoms with Gasteiger partial charge < -0.3 is 15.0 Å². The third-order valence-corrected chi connectivity index (χ3v) is 6.62. The zero-order valence-corrected chi connectivity index (χ0v) is 19.1. The number of nitrogens with zero attached hydrogens (tertiary/aromatic N) is 2. The molecule has 1 aromatic heterocycles. The molecule has 2 aromatic carbocycles. The molecule has 1 fully saturated rings. The lowest BCUT2D eigenvalue weighted by Gasteiger charge is -2.45. The minimum Gasteiger partial charge on any atom is -0.438 e. The Morgan fingerprint density at radius 2 is 1.76 bits per heavy atom. The Balaban J connectivity index is 1.40. The Labute approximate surface area is 194 Å². The van der Waals surface area contributed by atoms with Gasteiger partial charge in [0, 0.05) is 17.8 Å². The van der Waals surface area contributed by atoms with Crippen molar-refractivity contribution in [2.24, 2.45) is 0 Å². The smallest absolute Gasteiger partial charge is 0.257 e.